The van der Waals surface area contributed by atoms with Crippen LogP contribution in [0.1, 0.15) is 128 Å². The highest BCUT2D eigenvalue weighted by molar-refractivity contribution is 5.72. The second-order valence-electron chi connectivity index (χ2n) is 26.0. The molecule has 1 fully saturated rings. The van der Waals surface area contributed by atoms with Gasteiger partial charge < -0.3 is 14.3 Å². The summed E-state index contributed by atoms with van der Waals surface area (Å²) in [6, 6.07) is 44.8. The zero-order valence-corrected chi connectivity index (χ0v) is 48.0. The summed E-state index contributed by atoms with van der Waals surface area (Å²) in [4.78, 5) is 0. The molecule has 1 N–H and O–H groups in total. The lowest BCUT2D eigenvalue weighted by atomic mass is 9.70. The van der Waals surface area contributed by atoms with E-state index in [4.69, 9.17) is 0 Å². The first-order valence-electron chi connectivity index (χ1n) is 28.1. The van der Waals surface area contributed by atoms with Gasteiger partial charge in [0, 0.05) is 11.1 Å². The number of halogens is 6. The van der Waals surface area contributed by atoms with Crippen molar-refractivity contribution >= 4 is 0 Å². The van der Waals surface area contributed by atoms with Gasteiger partial charge in [0.1, 0.15) is 5.41 Å². The van der Waals surface area contributed by atoms with Crippen molar-refractivity contribution in [2.75, 3.05) is 54.9 Å². The van der Waals surface area contributed by atoms with E-state index in [9.17, 15) is 13.2 Å². The van der Waals surface area contributed by atoms with Crippen molar-refractivity contribution in [1.29, 1.82) is 0 Å². The van der Waals surface area contributed by atoms with Crippen molar-refractivity contribution in [3.8, 4) is 44.5 Å². The fourth-order valence-electron chi connectivity index (χ4n) is 12.5. The first-order chi connectivity index (χ1) is 36.0. The van der Waals surface area contributed by atoms with Gasteiger partial charge in [-0.25, -0.2) is 0 Å². The predicted octanol–water partition coefficient (Wildman–Crippen LogP) is 18.2. The minimum Gasteiger partial charge on any atom is -0.331 e. The second kappa shape index (κ2) is 23.6. The van der Waals surface area contributed by atoms with E-state index in [-0.39, 0.29) is 40.6 Å². The van der Waals surface area contributed by atoms with E-state index in [0.29, 0.717) is 25.2 Å². The van der Waals surface area contributed by atoms with Gasteiger partial charge in [0.25, 0.3) is 0 Å². The lowest BCUT2D eigenvalue weighted by molar-refractivity contribution is -0.891. The van der Waals surface area contributed by atoms with Crippen LogP contribution in [0.4, 0.5) is 26.3 Å². The number of piperidine rings is 1. The number of alkyl halides is 6. The average molecular weight is 1060 g/mol. The molecule has 0 amide bonds. The number of hydrogen-bond acceptors (Lipinski definition) is 1. The maximum absolute atomic E-state index is 16.3. The summed E-state index contributed by atoms with van der Waals surface area (Å²) in [5, 5.41) is 3.80. The molecule has 0 bridgehead atoms. The largest absolute Gasteiger partial charge is 0.402 e. The van der Waals surface area contributed by atoms with Crippen LogP contribution in [-0.4, -0.2) is 87.3 Å². The standard InChI is InChI=1S/C68H87F6N3/c1-50-18-20-52(21-19-50)53-22-24-55(25-23-53)58-32-38-61(39-33-58)66(68(72,73)74,44-15-13-17-46-77(10,11)47-42-51-48-63(2,3)75-64(4,5)49-51)62-40-34-59(35-41-62)56-28-26-54(27-29-56)57-30-36-60(37-31-57)65(6,67(69,70)71)43-14-12-16-45-76(7,8)9/h18-41,51,75H,12-17,42-49H2,1-11H3/q+2. The number of nitrogens with zero attached hydrogens (tertiary/aromatic N) is 2. The highest BCUT2D eigenvalue weighted by Crippen LogP contribution is 2.51. The molecule has 0 saturated carbocycles. The van der Waals surface area contributed by atoms with Crippen molar-refractivity contribution in [3.05, 3.63) is 168 Å². The molecule has 414 valence electrons. The quantitative estimate of drug-likeness (QED) is 0.0406. The summed E-state index contributed by atoms with van der Waals surface area (Å²) >= 11 is 0. The molecule has 77 heavy (non-hydrogen) atoms. The number of nitrogens with one attached hydrogen (secondary N) is 1. The Balaban J connectivity index is 1.09. The summed E-state index contributed by atoms with van der Waals surface area (Å²) < 4.78 is 94.5. The summed E-state index contributed by atoms with van der Waals surface area (Å²) in [5.74, 6) is 0.627. The van der Waals surface area contributed by atoms with E-state index in [1.807, 2.05) is 48.5 Å². The molecule has 6 aromatic rings. The Morgan fingerprint density at radius 3 is 1.13 bits per heavy atom. The van der Waals surface area contributed by atoms with Gasteiger partial charge in [-0.15, -0.1) is 0 Å². The van der Waals surface area contributed by atoms with Gasteiger partial charge in [-0.05, 0) is 166 Å². The van der Waals surface area contributed by atoms with Gasteiger partial charge in [0.15, 0.2) is 0 Å². The Morgan fingerprint density at radius 2 is 0.766 bits per heavy atom. The van der Waals surface area contributed by atoms with Crippen molar-refractivity contribution in [2.45, 2.75) is 146 Å². The zero-order chi connectivity index (χ0) is 56.1. The molecule has 2 unspecified atom stereocenters. The molecule has 9 heteroatoms. The molecule has 0 spiro atoms. The van der Waals surface area contributed by atoms with Crippen LogP contribution < -0.4 is 5.32 Å². The van der Waals surface area contributed by atoms with E-state index < -0.39 is 23.2 Å². The third-order valence-corrected chi connectivity index (χ3v) is 16.8. The lowest BCUT2D eigenvalue weighted by Gasteiger charge is -2.47. The van der Waals surface area contributed by atoms with Crippen LogP contribution in [0.25, 0.3) is 44.5 Å². The molecule has 1 aliphatic rings. The molecular weight excluding hydrogens is 973 g/mol. The van der Waals surface area contributed by atoms with Crippen LogP contribution in [0.5, 0.6) is 0 Å². The number of unbranched alkanes of at least 4 members (excludes halogenated alkanes) is 4. The van der Waals surface area contributed by atoms with Crippen LogP contribution in [0.15, 0.2) is 146 Å². The maximum Gasteiger partial charge on any atom is 0.402 e. The highest BCUT2D eigenvalue weighted by atomic mass is 19.4. The summed E-state index contributed by atoms with van der Waals surface area (Å²) in [5.41, 5.74) is 5.04. The normalized spacial score (nSPS) is 16.9. The molecule has 0 radical (unpaired) electrons. The maximum atomic E-state index is 16.3. The summed E-state index contributed by atoms with van der Waals surface area (Å²) in [7, 11) is 10.8. The Hall–Kier alpha value is -5.22. The van der Waals surface area contributed by atoms with Crippen molar-refractivity contribution in [2.24, 2.45) is 5.92 Å². The predicted molar refractivity (Wildman–Crippen MR) is 310 cm³/mol. The van der Waals surface area contributed by atoms with E-state index in [2.05, 4.69) is 112 Å². The Labute approximate surface area is 458 Å². The summed E-state index contributed by atoms with van der Waals surface area (Å²) in [6.07, 6.45) is -1.61. The first-order valence-corrected chi connectivity index (χ1v) is 28.1. The topological polar surface area (TPSA) is 12.0 Å². The third kappa shape index (κ3) is 15.1. The molecule has 7 rings (SSSR count). The van der Waals surface area contributed by atoms with Gasteiger partial charge in [-0.2, -0.15) is 26.3 Å². The van der Waals surface area contributed by atoms with Gasteiger partial charge >= 0.3 is 12.4 Å². The average Bonchev–Trinajstić information content (AvgIpc) is 3.35. The summed E-state index contributed by atoms with van der Waals surface area (Å²) in [6.45, 7) is 15.4. The number of quaternary nitrogens is 2. The van der Waals surface area contributed by atoms with E-state index in [1.165, 1.54) is 12.5 Å². The number of hydrogen-bond donors (Lipinski definition) is 1. The molecule has 6 aromatic carbocycles. The van der Waals surface area contributed by atoms with Crippen LogP contribution >= 0.6 is 0 Å². The Kier molecular flexibility index (Phi) is 18.2. The van der Waals surface area contributed by atoms with E-state index in [0.717, 1.165) is 112 Å². The molecule has 1 aliphatic heterocycles. The Morgan fingerprint density at radius 1 is 0.429 bits per heavy atom. The number of benzene rings is 6. The monoisotopic (exact) mass is 1060 g/mol. The van der Waals surface area contributed by atoms with Gasteiger partial charge in [0.2, 0.25) is 0 Å². The van der Waals surface area contributed by atoms with Crippen LogP contribution in [-0.2, 0) is 10.8 Å². The van der Waals surface area contributed by atoms with Gasteiger partial charge in [0.05, 0.1) is 60.3 Å². The molecule has 3 nitrogen and oxygen atoms in total. The van der Waals surface area contributed by atoms with Gasteiger partial charge in [-0.1, -0.05) is 164 Å². The molecule has 2 atom stereocenters. The molecule has 0 aliphatic carbocycles. The fourth-order valence-corrected chi connectivity index (χ4v) is 12.5. The smallest absolute Gasteiger partial charge is 0.331 e. The van der Waals surface area contributed by atoms with E-state index >= 15 is 13.2 Å². The van der Waals surface area contributed by atoms with Crippen LogP contribution in [0.2, 0.25) is 0 Å². The molecular formula is C68H87F6N3+2. The van der Waals surface area contributed by atoms with Crippen molar-refractivity contribution in [1.82, 2.24) is 5.32 Å². The lowest BCUT2D eigenvalue weighted by Crippen LogP contribution is -2.58. The highest BCUT2D eigenvalue weighted by Gasteiger charge is 2.56. The first kappa shape index (κ1) is 59.4. The van der Waals surface area contributed by atoms with E-state index in [1.54, 1.807) is 60.7 Å². The number of aryl methyl sites for hydroxylation is 1. The fraction of sp³-hybridized carbons (Fsp3) is 0.471. The van der Waals surface area contributed by atoms with Crippen LogP contribution in [0.3, 0.4) is 0 Å². The van der Waals surface area contributed by atoms with Crippen LogP contribution in [0, 0.1) is 12.8 Å². The molecule has 1 saturated heterocycles. The minimum absolute atomic E-state index is 0.0241. The SMILES string of the molecule is Cc1ccc(-c2ccc(-c3ccc(C(CCCCC[N+](C)(C)CCC4CC(C)(C)NC(C)(C)C4)(c4ccc(-c5ccc(-c6ccc(C(C)(CCCCC[N+](C)(C)C)C(F)(F)F)cc6)cc5)cc4)C(F)(F)F)cc3)cc2)cc1. The molecule has 0 aromatic heterocycles. The zero-order valence-electron chi connectivity index (χ0n) is 48.0. The van der Waals surface area contributed by atoms with Gasteiger partial charge in [-0.3, -0.25) is 0 Å². The Bertz CT molecular complexity index is 2790. The minimum atomic E-state index is -4.60. The third-order valence-electron chi connectivity index (χ3n) is 16.8. The van der Waals surface area contributed by atoms with Crippen molar-refractivity contribution < 1.29 is 35.3 Å². The molecule has 1 heterocycles. The second-order valence-corrected chi connectivity index (χ2v) is 26.0. The number of rotatable bonds is 22. The van der Waals surface area contributed by atoms with Crippen molar-refractivity contribution in [3.63, 3.8) is 0 Å².